The molecular formula is C17H25N5O4S2. The first-order valence-electron chi connectivity index (χ1n) is 9.15. The van der Waals surface area contributed by atoms with E-state index in [-0.39, 0.29) is 12.2 Å². The third-order valence-electron chi connectivity index (χ3n) is 4.85. The lowest BCUT2D eigenvalue weighted by atomic mass is 10.2. The summed E-state index contributed by atoms with van der Waals surface area (Å²) in [7, 11) is -3.64. The molecule has 9 nitrogen and oxygen atoms in total. The molecule has 0 radical (unpaired) electrons. The van der Waals surface area contributed by atoms with Crippen LogP contribution in [-0.4, -0.2) is 69.2 Å². The predicted molar refractivity (Wildman–Crippen MR) is 112 cm³/mol. The Morgan fingerprint density at radius 2 is 1.82 bits per heavy atom. The molecule has 0 aromatic heterocycles. The van der Waals surface area contributed by atoms with Crippen molar-refractivity contribution in [1.29, 1.82) is 0 Å². The molecule has 3 rings (SSSR count). The number of hydrogen-bond donors (Lipinski definition) is 2. The minimum Gasteiger partial charge on any atom is -0.442 e. The first kappa shape index (κ1) is 20.8. The molecule has 2 aliphatic heterocycles. The Kier molecular flexibility index (Phi) is 6.38. The number of benzene rings is 1. The van der Waals surface area contributed by atoms with Crippen LogP contribution in [-0.2, 0) is 14.9 Å². The summed E-state index contributed by atoms with van der Waals surface area (Å²) in [4.78, 5) is 16.6. The summed E-state index contributed by atoms with van der Waals surface area (Å²) in [5.74, 6) is 0. The fourth-order valence-corrected chi connectivity index (χ4v) is 3.99. The van der Waals surface area contributed by atoms with Gasteiger partial charge < -0.3 is 15.0 Å². The second-order valence-corrected chi connectivity index (χ2v) is 8.76. The summed E-state index contributed by atoms with van der Waals surface area (Å²) >= 11 is 5.13. The molecule has 0 spiro atoms. The van der Waals surface area contributed by atoms with Gasteiger partial charge in [0.25, 0.3) is 10.2 Å². The van der Waals surface area contributed by atoms with Gasteiger partial charge in [-0.15, -0.1) is 0 Å². The Morgan fingerprint density at radius 1 is 1.21 bits per heavy atom. The zero-order valence-electron chi connectivity index (χ0n) is 15.7. The minimum absolute atomic E-state index is 0.247. The molecule has 1 aromatic rings. The SMILES string of the molecule is CCC(=S)NCC1CN(c2ccc(N3CCN(S(N)(=O)=O)CC3)cc2)C(=O)O1. The van der Waals surface area contributed by atoms with E-state index in [1.807, 2.05) is 31.2 Å². The fourth-order valence-electron chi connectivity index (χ4n) is 3.24. The number of cyclic esters (lactones) is 1. The summed E-state index contributed by atoms with van der Waals surface area (Å²) in [5, 5.41) is 8.27. The molecule has 2 fully saturated rings. The number of piperazine rings is 1. The van der Waals surface area contributed by atoms with E-state index < -0.39 is 10.2 Å². The molecule has 0 aliphatic carbocycles. The molecule has 2 aliphatic rings. The van der Waals surface area contributed by atoms with Crippen molar-refractivity contribution in [2.24, 2.45) is 5.14 Å². The number of thiocarbonyl (C=S) groups is 1. The van der Waals surface area contributed by atoms with Gasteiger partial charge in [0.1, 0.15) is 6.10 Å². The van der Waals surface area contributed by atoms with Gasteiger partial charge in [-0.2, -0.15) is 12.7 Å². The average molecular weight is 428 g/mol. The van der Waals surface area contributed by atoms with Crippen molar-refractivity contribution in [3.05, 3.63) is 24.3 Å². The summed E-state index contributed by atoms with van der Waals surface area (Å²) in [6.45, 7) is 4.77. The molecule has 3 N–H and O–H groups in total. The van der Waals surface area contributed by atoms with E-state index in [9.17, 15) is 13.2 Å². The number of nitrogens with zero attached hydrogens (tertiary/aromatic N) is 3. The second kappa shape index (κ2) is 8.60. The summed E-state index contributed by atoms with van der Waals surface area (Å²) in [6.07, 6.45) is 0.138. The number of ether oxygens (including phenoxy) is 1. The van der Waals surface area contributed by atoms with Crippen molar-refractivity contribution in [3.8, 4) is 0 Å². The quantitative estimate of drug-likeness (QED) is 0.642. The zero-order chi connectivity index (χ0) is 20.3. The van der Waals surface area contributed by atoms with E-state index in [0.717, 1.165) is 22.8 Å². The largest absolute Gasteiger partial charge is 0.442 e. The van der Waals surface area contributed by atoms with E-state index in [4.69, 9.17) is 22.1 Å². The minimum atomic E-state index is -3.64. The van der Waals surface area contributed by atoms with Crippen LogP contribution in [0.5, 0.6) is 0 Å². The molecule has 1 atom stereocenters. The van der Waals surface area contributed by atoms with Crippen LogP contribution in [0.2, 0.25) is 0 Å². The lowest BCUT2D eigenvalue weighted by molar-refractivity contribution is 0.143. The van der Waals surface area contributed by atoms with Crippen molar-refractivity contribution < 1.29 is 17.9 Å². The first-order valence-corrected chi connectivity index (χ1v) is 11.1. The number of nitrogens with one attached hydrogen (secondary N) is 1. The van der Waals surface area contributed by atoms with Crippen molar-refractivity contribution in [2.75, 3.05) is 49.1 Å². The van der Waals surface area contributed by atoms with Crippen LogP contribution in [0.15, 0.2) is 24.3 Å². The fraction of sp³-hybridized carbons (Fsp3) is 0.529. The second-order valence-electron chi connectivity index (χ2n) is 6.72. The van der Waals surface area contributed by atoms with Crippen LogP contribution >= 0.6 is 12.2 Å². The topological polar surface area (TPSA) is 108 Å². The van der Waals surface area contributed by atoms with E-state index in [2.05, 4.69) is 10.2 Å². The molecule has 28 heavy (non-hydrogen) atoms. The lowest BCUT2D eigenvalue weighted by Gasteiger charge is -2.34. The molecule has 1 amide bonds. The monoisotopic (exact) mass is 427 g/mol. The number of amides is 1. The molecule has 2 saturated heterocycles. The van der Waals surface area contributed by atoms with E-state index >= 15 is 0 Å². The van der Waals surface area contributed by atoms with Gasteiger partial charge in [-0.3, -0.25) is 4.90 Å². The Bertz CT molecular complexity index is 822. The van der Waals surface area contributed by atoms with Gasteiger partial charge in [-0.25, -0.2) is 9.93 Å². The number of anilines is 2. The first-order chi connectivity index (χ1) is 13.3. The zero-order valence-corrected chi connectivity index (χ0v) is 17.3. The van der Waals surface area contributed by atoms with Crippen LogP contribution in [0.4, 0.5) is 16.2 Å². The van der Waals surface area contributed by atoms with Gasteiger partial charge in [-0.05, 0) is 30.7 Å². The maximum atomic E-state index is 12.2. The van der Waals surface area contributed by atoms with Crippen molar-refractivity contribution >= 4 is 44.9 Å². The summed E-state index contributed by atoms with van der Waals surface area (Å²) < 4.78 is 29.5. The number of hydrogen-bond acceptors (Lipinski definition) is 6. The van der Waals surface area contributed by atoms with Crippen molar-refractivity contribution in [2.45, 2.75) is 19.4 Å². The van der Waals surface area contributed by atoms with E-state index in [0.29, 0.717) is 39.3 Å². The highest BCUT2D eigenvalue weighted by molar-refractivity contribution is 7.86. The molecule has 154 valence electrons. The third-order valence-corrected chi connectivity index (χ3v) is 6.37. The number of carbonyl (C=O) groups is 1. The Morgan fingerprint density at radius 3 is 2.39 bits per heavy atom. The van der Waals surface area contributed by atoms with Crippen LogP contribution in [0, 0.1) is 0 Å². The Hall–Kier alpha value is -1.95. The van der Waals surface area contributed by atoms with Gasteiger partial charge in [0.15, 0.2) is 0 Å². The maximum Gasteiger partial charge on any atom is 0.414 e. The van der Waals surface area contributed by atoms with Crippen LogP contribution in [0.1, 0.15) is 13.3 Å². The normalized spacial score (nSPS) is 20.9. The molecule has 0 saturated carbocycles. The molecule has 1 unspecified atom stereocenters. The summed E-state index contributed by atoms with van der Waals surface area (Å²) in [5.41, 5.74) is 1.73. The van der Waals surface area contributed by atoms with Crippen molar-refractivity contribution in [1.82, 2.24) is 9.62 Å². The molecule has 11 heteroatoms. The highest BCUT2D eigenvalue weighted by Crippen LogP contribution is 2.25. The van der Waals surface area contributed by atoms with Crippen LogP contribution < -0.4 is 20.3 Å². The Labute approximate surface area is 170 Å². The lowest BCUT2D eigenvalue weighted by Crippen LogP contribution is -2.50. The standard InChI is InChI=1S/C17H25N5O4S2/c1-2-16(27)19-11-15-12-22(17(23)26-15)14-5-3-13(4-6-14)20-7-9-21(10-8-20)28(18,24)25/h3-6,15H,2,7-12H2,1H3,(H,19,27)(H2,18,24,25). The average Bonchev–Trinajstić information content (AvgIpc) is 3.06. The summed E-state index contributed by atoms with van der Waals surface area (Å²) in [6, 6.07) is 7.59. The smallest absolute Gasteiger partial charge is 0.414 e. The van der Waals surface area contributed by atoms with Gasteiger partial charge in [-0.1, -0.05) is 19.1 Å². The highest BCUT2D eigenvalue weighted by atomic mass is 32.2. The molecule has 2 heterocycles. The van der Waals surface area contributed by atoms with Gasteiger partial charge in [0.2, 0.25) is 0 Å². The number of carbonyl (C=O) groups excluding carboxylic acids is 1. The Balaban J connectivity index is 1.57. The highest BCUT2D eigenvalue weighted by Gasteiger charge is 2.32. The van der Waals surface area contributed by atoms with Gasteiger partial charge in [0, 0.05) is 37.6 Å². The number of rotatable bonds is 6. The van der Waals surface area contributed by atoms with Gasteiger partial charge >= 0.3 is 6.09 Å². The van der Waals surface area contributed by atoms with Crippen LogP contribution in [0.3, 0.4) is 0 Å². The third kappa shape index (κ3) is 4.90. The molecule has 0 bridgehead atoms. The predicted octanol–water partition coefficient (Wildman–Crippen LogP) is 0.664. The van der Waals surface area contributed by atoms with Crippen LogP contribution in [0.25, 0.3) is 0 Å². The molecular weight excluding hydrogens is 402 g/mol. The van der Waals surface area contributed by atoms with E-state index in [1.165, 1.54) is 4.31 Å². The van der Waals surface area contributed by atoms with Crippen molar-refractivity contribution in [3.63, 3.8) is 0 Å². The number of nitrogens with two attached hydrogens (primary N) is 1. The van der Waals surface area contributed by atoms with E-state index in [1.54, 1.807) is 4.90 Å². The van der Waals surface area contributed by atoms with Gasteiger partial charge in [0.05, 0.1) is 18.1 Å². The maximum absolute atomic E-state index is 12.2. The molecule has 1 aromatic carbocycles.